The Morgan fingerprint density at radius 2 is 1.91 bits per heavy atom. The third kappa shape index (κ3) is 6.57. The van der Waals surface area contributed by atoms with Crippen molar-refractivity contribution in [3.8, 4) is 0 Å². The summed E-state index contributed by atoms with van der Waals surface area (Å²) < 4.78 is 37.3. The zero-order valence-electron chi connectivity index (χ0n) is 18.1. The van der Waals surface area contributed by atoms with Gasteiger partial charge in [0.2, 0.25) is 15.9 Å². The molecule has 2 amide bonds. The number of hydrogen-bond donors (Lipinski definition) is 2. The second-order valence-electron chi connectivity index (χ2n) is 8.11. The predicted molar refractivity (Wildman–Crippen MR) is 120 cm³/mol. The first kappa shape index (κ1) is 24.3. The Morgan fingerprint density at radius 1 is 1.19 bits per heavy atom. The van der Waals surface area contributed by atoms with Crippen LogP contribution in [0, 0.1) is 13.8 Å². The number of carbonyl (C=O) groups is 2. The zero-order valence-corrected chi connectivity index (χ0v) is 19.6. The van der Waals surface area contributed by atoms with Gasteiger partial charge in [0.25, 0.3) is 5.91 Å². The summed E-state index contributed by atoms with van der Waals surface area (Å²) in [6, 6.07) is 8.90. The van der Waals surface area contributed by atoms with E-state index in [-0.39, 0.29) is 30.1 Å². The van der Waals surface area contributed by atoms with Crippen LogP contribution in [0.25, 0.3) is 0 Å². The summed E-state index contributed by atoms with van der Waals surface area (Å²) in [4.78, 5) is 24.7. The van der Waals surface area contributed by atoms with Gasteiger partial charge in [-0.1, -0.05) is 23.7 Å². The van der Waals surface area contributed by atoms with Crippen molar-refractivity contribution < 1.29 is 27.2 Å². The van der Waals surface area contributed by atoms with Crippen LogP contribution in [0.15, 0.2) is 34.7 Å². The lowest BCUT2D eigenvalue weighted by Gasteiger charge is -2.29. The molecule has 1 aromatic carbocycles. The van der Waals surface area contributed by atoms with Crippen LogP contribution in [0.5, 0.6) is 0 Å². The lowest BCUT2D eigenvalue weighted by Crippen LogP contribution is -2.50. The van der Waals surface area contributed by atoms with E-state index in [1.54, 1.807) is 26.0 Å². The maximum absolute atomic E-state index is 12.5. The quantitative estimate of drug-likeness (QED) is 0.568. The van der Waals surface area contributed by atoms with Gasteiger partial charge in [-0.3, -0.25) is 9.59 Å². The minimum Gasteiger partial charge on any atom is -0.466 e. The summed E-state index contributed by atoms with van der Waals surface area (Å²) in [5.74, 6) is -0.478. The van der Waals surface area contributed by atoms with Crippen molar-refractivity contribution in [2.75, 3.05) is 19.0 Å². The minimum absolute atomic E-state index is 0.0152. The van der Waals surface area contributed by atoms with Crippen molar-refractivity contribution in [1.82, 2.24) is 10.0 Å². The molecular weight excluding hydrogens is 456 g/mol. The first-order chi connectivity index (χ1) is 15.1. The number of nitrogens with one attached hydrogen (secondary N) is 2. The lowest BCUT2D eigenvalue weighted by molar-refractivity contribution is -0.123. The number of sulfonamides is 1. The molecule has 3 rings (SSSR count). The van der Waals surface area contributed by atoms with Gasteiger partial charge < -0.3 is 14.5 Å². The number of amides is 2. The third-order valence-corrected chi connectivity index (χ3v) is 6.89. The molecule has 1 unspecified atom stereocenters. The summed E-state index contributed by atoms with van der Waals surface area (Å²) in [6.07, 6.45) is 1.35. The first-order valence-corrected chi connectivity index (χ1v) is 12.4. The van der Waals surface area contributed by atoms with Crippen molar-refractivity contribution in [3.63, 3.8) is 0 Å². The van der Waals surface area contributed by atoms with Gasteiger partial charge in [-0.05, 0) is 56.9 Å². The standard InChI is InChI=1S/C22H27ClN2O6S/c1-15-12-19(16(2)31-15)21(27)25-32(28,29)11-3-4-20(26)24-22(9-10-30-14-22)13-17-5-7-18(23)8-6-17/h5-8,12H,3-4,9-11,13-14H2,1-2H3,(H,24,26)(H,25,27). The molecule has 0 bridgehead atoms. The Kier molecular flexibility index (Phi) is 7.63. The predicted octanol–water partition coefficient (Wildman–Crippen LogP) is 2.91. The molecule has 1 saturated heterocycles. The van der Waals surface area contributed by atoms with E-state index in [9.17, 15) is 18.0 Å². The average Bonchev–Trinajstić information content (AvgIpc) is 3.29. The van der Waals surface area contributed by atoms with Crippen molar-refractivity contribution in [2.24, 2.45) is 0 Å². The van der Waals surface area contributed by atoms with E-state index in [2.05, 4.69) is 5.32 Å². The van der Waals surface area contributed by atoms with Gasteiger partial charge in [-0.15, -0.1) is 0 Å². The second-order valence-corrected chi connectivity index (χ2v) is 10.4. The summed E-state index contributed by atoms with van der Waals surface area (Å²) in [5, 5.41) is 3.67. The second kappa shape index (κ2) is 10.1. The lowest BCUT2D eigenvalue weighted by atomic mass is 9.89. The van der Waals surface area contributed by atoms with Gasteiger partial charge in [0.05, 0.1) is 23.5 Å². The summed E-state index contributed by atoms with van der Waals surface area (Å²) in [7, 11) is -3.89. The van der Waals surface area contributed by atoms with Crippen molar-refractivity contribution in [2.45, 2.75) is 45.1 Å². The molecule has 0 saturated carbocycles. The van der Waals surface area contributed by atoms with Gasteiger partial charge in [0, 0.05) is 18.1 Å². The van der Waals surface area contributed by atoms with Gasteiger partial charge in [-0.25, -0.2) is 13.1 Å². The molecule has 1 aliphatic heterocycles. The molecule has 8 nitrogen and oxygen atoms in total. The summed E-state index contributed by atoms with van der Waals surface area (Å²) in [5.41, 5.74) is 0.666. The highest BCUT2D eigenvalue weighted by Crippen LogP contribution is 2.25. The van der Waals surface area contributed by atoms with Gasteiger partial charge in [0.1, 0.15) is 11.5 Å². The van der Waals surface area contributed by atoms with Gasteiger partial charge >= 0.3 is 0 Å². The van der Waals surface area contributed by atoms with E-state index >= 15 is 0 Å². The molecule has 1 aliphatic rings. The van der Waals surface area contributed by atoms with Crippen LogP contribution in [-0.4, -0.2) is 44.7 Å². The van der Waals surface area contributed by atoms with Crippen LogP contribution in [-0.2, 0) is 26.0 Å². The molecule has 10 heteroatoms. The Labute approximate surface area is 192 Å². The molecule has 1 atom stereocenters. The number of halogens is 1. The fourth-order valence-electron chi connectivity index (χ4n) is 3.77. The smallest absolute Gasteiger partial charge is 0.268 e. The van der Waals surface area contributed by atoms with Gasteiger partial charge in [-0.2, -0.15) is 0 Å². The molecule has 1 aromatic heterocycles. The van der Waals surface area contributed by atoms with E-state index in [1.165, 1.54) is 6.07 Å². The van der Waals surface area contributed by atoms with Crippen LogP contribution in [0.1, 0.15) is 46.7 Å². The molecule has 2 heterocycles. The maximum Gasteiger partial charge on any atom is 0.268 e. The van der Waals surface area contributed by atoms with Crippen LogP contribution in [0.4, 0.5) is 0 Å². The van der Waals surface area contributed by atoms with Crippen molar-refractivity contribution >= 4 is 33.4 Å². The van der Waals surface area contributed by atoms with Crippen molar-refractivity contribution in [1.29, 1.82) is 0 Å². The number of furan rings is 1. The van der Waals surface area contributed by atoms with E-state index in [1.807, 2.05) is 16.9 Å². The van der Waals surface area contributed by atoms with Crippen LogP contribution < -0.4 is 10.0 Å². The average molecular weight is 483 g/mol. The summed E-state index contributed by atoms with van der Waals surface area (Å²) in [6.45, 7) is 4.19. The first-order valence-electron chi connectivity index (χ1n) is 10.3. The van der Waals surface area contributed by atoms with E-state index in [4.69, 9.17) is 20.8 Å². The molecular formula is C22H27ClN2O6S. The molecule has 0 spiro atoms. The number of ether oxygens (including phenoxy) is 1. The molecule has 0 radical (unpaired) electrons. The Morgan fingerprint density at radius 3 is 2.50 bits per heavy atom. The number of benzene rings is 1. The highest BCUT2D eigenvalue weighted by molar-refractivity contribution is 7.90. The molecule has 2 N–H and O–H groups in total. The summed E-state index contributed by atoms with van der Waals surface area (Å²) >= 11 is 5.94. The minimum atomic E-state index is -3.89. The van der Waals surface area contributed by atoms with E-state index in [0.717, 1.165) is 5.56 Å². The molecule has 174 valence electrons. The number of hydrogen-bond acceptors (Lipinski definition) is 6. The fraction of sp³-hybridized carbons (Fsp3) is 0.455. The Bertz CT molecular complexity index is 1070. The molecule has 0 aliphatic carbocycles. The third-order valence-electron chi connectivity index (χ3n) is 5.31. The Balaban J connectivity index is 1.51. The Hall–Kier alpha value is -2.36. The number of rotatable bonds is 9. The van der Waals surface area contributed by atoms with Crippen LogP contribution in [0.2, 0.25) is 5.02 Å². The molecule has 32 heavy (non-hydrogen) atoms. The van der Waals surface area contributed by atoms with E-state index in [0.29, 0.717) is 42.6 Å². The fourth-order valence-corrected chi connectivity index (χ4v) is 4.91. The highest BCUT2D eigenvalue weighted by Gasteiger charge is 2.36. The van der Waals surface area contributed by atoms with Crippen LogP contribution >= 0.6 is 11.6 Å². The monoisotopic (exact) mass is 482 g/mol. The van der Waals surface area contributed by atoms with Gasteiger partial charge in [0.15, 0.2) is 0 Å². The normalized spacial score (nSPS) is 18.5. The largest absolute Gasteiger partial charge is 0.466 e. The molecule has 2 aromatic rings. The van der Waals surface area contributed by atoms with Crippen molar-refractivity contribution in [3.05, 3.63) is 58.0 Å². The SMILES string of the molecule is Cc1cc(C(=O)NS(=O)(=O)CCCC(=O)NC2(Cc3ccc(Cl)cc3)CCOC2)c(C)o1. The maximum atomic E-state index is 12.5. The topological polar surface area (TPSA) is 115 Å². The zero-order chi connectivity index (χ0) is 23.4. The number of carbonyl (C=O) groups excluding carboxylic acids is 2. The highest BCUT2D eigenvalue weighted by atomic mass is 35.5. The van der Waals surface area contributed by atoms with Crippen LogP contribution in [0.3, 0.4) is 0 Å². The van der Waals surface area contributed by atoms with E-state index < -0.39 is 21.5 Å². The molecule has 1 fully saturated rings. The number of aryl methyl sites for hydroxylation is 2.